The van der Waals surface area contributed by atoms with Crippen LogP contribution in [0.25, 0.3) is 0 Å². The van der Waals surface area contributed by atoms with E-state index in [2.05, 4.69) is 0 Å². The highest BCUT2D eigenvalue weighted by molar-refractivity contribution is 6.30. The predicted molar refractivity (Wildman–Crippen MR) is 71.9 cm³/mol. The van der Waals surface area contributed by atoms with Crippen molar-refractivity contribution >= 4 is 17.3 Å². The first-order valence-corrected chi connectivity index (χ1v) is 5.75. The van der Waals surface area contributed by atoms with Crippen molar-refractivity contribution in [2.24, 2.45) is 0 Å². The van der Waals surface area contributed by atoms with Crippen molar-refractivity contribution < 1.29 is 4.74 Å². The maximum atomic E-state index is 5.85. The molecule has 2 N–H and O–H groups in total. The molecule has 3 heteroatoms. The quantitative estimate of drug-likeness (QED) is 0.802. The van der Waals surface area contributed by atoms with Crippen molar-refractivity contribution in [2.75, 3.05) is 5.73 Å². The molecule has 2 aromatic rings. The van der Waals surface area contributed by atoms with Gasteiger partial charge in [-0.15, -0.1) is 0 Å². The normalized spacial score (nSPS) is 10.3. The summed E-state index contributed by atoms with van der Waals surface area (Å²) in [6.07, 6.45) is 0. The monoisotopic (exact) mass is 247 g/mol. The Kier molecular flexibility index (Phi) is 3.25. The van der Waals surface area contributed by atoms with E-state index < -0.39 is 0 Å². The fourth-order valence-electron chi connectivity index (χ4n) is 1.57. The second kappa shape index (κ2) is 4.68. The summed E-state index contributed by atoms with van der Waals surface area (Å²) in [5.41, 5.74) is 8.69. The molecule has 0 radical (unpaired) electrons. The zero-order valence-corrected chi connectivity index (χ0v) is 10.6. The van der Waals surface area contributed by atoms with Gasteiger partial charge >= 0.3 is 0 Å². The van der Waals surface area contributed by atoms with Crippen LogP contribution in [0.3, 0.4) is 0 Å². The van der Waals surface area contributed by atoms with Crippen LogP contribution in [0, 0.1) is 13.8 Å². The lowest BCUT2D eigenvalue weighted by Gasteiger charge is -2.12. The summed E-state index contributed by atoms with van der Waals surface area (Å²) in [7, 11) is 0. The molecule has 2 nitrogen and oxygen atoms in total. The molecule has 0 amide bonds. The van der Waals surface area contributed by atoms with Gasteiger partial charge in [-0.05, 0) is 49.2 Å². The minimum atomic E-state index is 0.540. The predicted octanol–water partition coefficient (Wildman–Crippen LogP) is 4.33. The number of anilines is 1. The van der Waals surface area contributed by atoms with Crippen LogP contribution in [0.15, 0.2) is 36.4 Å². The molecule has 17 heavy (non-hydrogen) atoms. The molecule has 0 aliphatic rings. The molecular formula is C14H14ClNO. The first-order valence-electron chi connectivity index (χ1n) is 5.37. The molecule has 0 spiro atoms. The zero-order valence-electron chi connectivity index (χ0n) is 9.83. The Bertz CT molecular complexity index is 552. The molecule has 0 aliphatic carbocycles. The number of benzene rings is 2. The van der Waals surface area contributed by atoms with Gasteiger partial charge < -0.3 is 10.5 Å². The molecule has 0 bridgehead atoms. The Morgan fingerprint density at radius 3 is 2.53 bits per heavy atom. The number of rotatable bonds is 2. The average molecular weight is 248 g/mol. The average Bonchev–Trinajstić information content (AvgIpc) is 2.28. The zero-order chi connectivity index (χ0) is 12.4. The first-order chi connectivity index (χ1) is 8.08. The van der Waals surface area contributed by atoms with E-state index in [4.69, 9.17) is 22.1 Å². The third-order valence-electron chi connectivity index (χ3n) is 2.75. The first kappa shape index (κ1) is 11.8. The molecule has 0 fully saturated rings. The van der Waals surface area contributed by atoms with Crippen LogP contribution < -0.4 is 10.5 Å². The van der Waals surface area contributed by atoms with Gasteiger partial charge in [0, 0.05) is 5.02 Å². The lowest BCUT2D eigenvalue weighted by Crippen LogP contribution is -1.94. The van der Waals surface area contributed by atoms with Crippen molar-refractivity contribution in [3.8, 4) is 11.5 Å². The highest BCUT2D eigenvalue weighted by Gasteiger charge is 2.06. The van der Waals surface area contributed by atoms with Crippen LogP contribution in [0.4, 0.5) is 5.69 Å². The van der Waals surface area contributed by atoms with Crippen LogP contribution in [0.2, 0.25) is 5.02 Å². The number of halogens is 1. The maximum absolute atomic E-state index is 5.85. The van der Waals surface area contributed by atoms with Crippen molar-refractivity contribution in [1.29, 1.82) is 0 Å². The minimum absolute atomic E-state index is 0.540. The van der Waals surface area contributed by atoms with Crippen LogP contribution in [-0.2, 0) is 0 Å². The summed E-state index contributed by atoms with van der Waals surface area (Å²) in [6, 6.07) is 11.2. The second-order valence-electron chi connectivity index (χ2n) is 3.98. The van der Waals surface area contributed by atoms with Crippen LogP contribution in [0.5, 0.6) is 11.5 Å². The van der Waals surface area contributed by atoms with E-state index in [9.17, 15) is 0 Å². The Morgan fingerprint density at radius 1 is 1.06 bits per heavy atom. The van der Waals surface area contributed by atoms with E-state index in [1.807, 2.05) is 32.0 Å². The third kappa shape index (κ3) is 2.53. The Labute approximate surface area is 106 Å². The number of nitrogen functional groups attached to an aromatic ring is 1. The van der Waals surface area contributed by atoms with E-state index in [-0.39, 0.29) is 0 Å². The SMILES string of the molecule is Cc1cccc(Oc2ccc(Cl)cc2N)c1C. The Hall–Kier alpha value is -1.67. The number of nitrogens with two attached hydrogens (primary N) is 1. The van der Waals surface area contributed by atoms with Crippen molar-refractivity contribution in [3.63, 3.8) is 0 Å². The standard InChI is InChI=1S/C14H14ClNO/c1-9-4-3-5-13(10(9)2)17-14-7-6-11(15)8-12(14)16/h3-8H,16H2,1-2H3. The van der Waals surface area contributed by atoms with Crippen molar-refractivity contribution in [2.45, 2.75) is 13.8 Å². The van der Waals surface area contributed by atoms with Gasteiger partial charge in [0.15, 0.2) is 0 Å². The van der Waals surface area contributed by atoms with Gasteiger partial charge in [-0.25, -0.2) is 0 Å². The van der Waals surface area contributed by atoms with E-state index in [0.29, 0.717) is 16.5 Å². The Balaban J connectivity index is 2.35. The number of hydrogen-bond donors (Lipinski definition) is 1. The van der Waals surface area contributed by atoms with Gasteiger partial charge in [0.25, 0.3) is 0 Å². The van der Waals surface area contributed by atoms with Gasteiger partial charge in [0.2, 0.25) is 0 Å². The largest absolute Gasteiger partial charge is 0.455 e. The molecule has 0 heterocycles. The molecule has 0 saturated carbocycles. The molecule has 2 rings (SSSR count). The maximum Gasteiger partial charge on any atom is 0.150 e. The summed E-state index contributed by atoms with van der Waals surface area (Å²) in [6.45, 7) is 4.07. The highest BCUT2D eigenvalue weighted by atomic mass is 35.5. The topological polar surface area (TPSA) is 35.2 Å². The summed E-state index contributed by atoms with van der Waals surface area (Å²) in [5.74, 6) is 1.45. The van der Waals surface area contributed by atoms with Gasteiger partial charge in [-0.3, -0.25) is 0 Å². The van der Waals surface area contributed by atoms with E-state index >= 15 is 0 Å². The minimum Gasteiger partial charge on any atom is -0.455 e. The lowest BCUT2D eigenvalue weighted by atomic mass is 10.1. The molecule has 0 aromatic heterocycles. The summed E-state index contributed by atoms with van der Waals surface area (Å²) in [5, 5.41) is 0.607. The van der Waals surface area contributed by atoms with Crippen LogP contribution in [-0.4, -0.2) is 0 Å². The number of aryl methyl sites for hydroxylation is 1. The molecule has 0 atom stereocenters. The third-order valence-corrected chi connectivity index (χ3v) is 2.98. The summed E-state index contributed by atoms with van der Waals surface area (Å²) < 4.78 is 5.79. The van der Waals surface area contributed by atoms with E-state index in [0.717, 1.165) is 11.3 Å². The molecule has 88 valence electrons. The van der Waals surface area contributed by atoms with Gasteiger partial charge in [-0.1, -0.05) is 23.7 Å². The van der Waals surface area contributed by atoms with E-state index in [1.165, 1.54) is 5.56 Å². The summed E-state index contributed by atoms with van der Waals surface area (Å²) >= 11 is 5.84. The number of ether oxygens (including phenoxy) is 1. The molecular weight excluding hydrogens is 234 g/mol. The number of hydrogen-bond acceptors (Lipinski definition) is 2. The molecule has 2 aromatic carbocycles. The second-order valence-corrected chi connectivity index (χ2v) is 4.42. The van der Waals surface area contributed by atoms with Crippen molar-refractivity contribution in [1.82, 2.24) is 0 Å². The van der Waals surface area contributed by atoms with Crippen molar-refractivity contribution in [3.05, 3.63) is 52.5 Å². The van der Waals surface area contributed by atoms with Gasteiger partial charge in [-0.2, -0.15) is 0 Å². The lowest BCUT2D eigenvalue weighted by molar-refractivity contribution is 0.481. The molecule has 0 aliphatic heterocycles. The van der Waals surface area contributed by atoms with Crippen LogP contribution in [0.1, 0.15) is 11.1 Å². The van der Waals surface area contributed by atoms with Gasteiger partial charge in [0.05, 0.1) is 5.69 Å². The fourth-order valence-corrected chi connectivity index (χ4v) is 1.75. The Morgan fingerprint density at radius 2 is 1.82 bits per heavy atom. The fraction of sp³-hybridized carbons (Fsp3) is 0.143. The highest BCUT2D eigenvalue weighted by Crippen LogP contribution is 2.32. The van der Waals surface area contributed by atoms with Gasteiger partial charge in [0.1, 0.15) is 11.5 Å². The molecule has 0 saturated heterocycles. The van der Waals surface area contributed by atoms with E-state index in [1.54, 1.807) is 18.2 Å². The van der Waals surface area contributed by atoms with Crippen LogP contribution >= 0.6 is 11.6 Å². The molecule has 0 unspecified atom stereocenters. The smallest absolute Gasteiger partial charge is 0.150 e. The summed E-state index contributed by atoms with van der Waals surface area (Å²) in [4.78, 5) is 0.